The molecule has 0 fully saturated rings. The number of nitrogen functional groups attached to an aromatic ring is 1. The Labute approximate surface area is 121 Å². The van der Waals surface area contributed by atoms with Crippen LogP contribution in [0.4, 0.5) is 5.69 Å². The van der Waals surface area contributed by atoms with E-state index in [9.17, 15) is 4.79 Å². The molecule has 0 aromatic heterocycles. The number of anilines is 1. The molecule has 4 heteroatoms. The Morgan fingerprint density at radius 3 is 2.65 bits per heavy atom. The van der Waals surface area contributed by atoms with Crippen LogP contribution in [0.15, 0.2) is 18.2 Å². The number of hydrogen-bond acceptors (Lipinski definition) is 4. The van der Waals surface area contributed by atoms with E-state index in [4.69, 9.17) is 15.2 Å². The summed E-state index contributed by atoms with van der Waals surface area (Å²) in [6, 6.07) is 4.92. The molecule has 1 unspecified atom stereocenters. The van der Waals surface area contributed by atoms with Gasteiger partial charge in [-0.2, -0.15) is 0 Å². The number of unbranched alkanes of at least 4 members (excludes halogenated alkanes) is 3. The van der Waals surface area contributed by atoms with Gasteiger partial charge in [-0.3, -0.25) is 0 Å². The first-order valence-electron chi connectivity index (χ1n) is 7.22. The predicted molar refractivity (Wildman–Crippen MR) is 81.0 cm³/mol. The summed E-state index contributed by atoms with van der Waals surface area (Å²) in [7, 11) is 1.54. The second kappa shape index (κ2) is 8.46. The largest absolute Gasteiger partial charge is 0.497 e. The van der Waals surface area contributed by atoms with Crippen LogP contribution in [0.25, 0.3) is 0 Å². The molecule has 1 aromatic carbocycles. The lowest BCUT2D eigenvalue weighted by Gasteiger charge is -2.14. The van der Waals surface area contributed by atoms with Crippen LogP contribution in [-0.4, -0.2) is 19.2 Å². The van der Waals surface area contributed by atoms with Crippen molar-refractivity contribution in [2.45, 2.75) is 52.1 Å². The molecular formula is C16H25NO3. The van der Waals surface area contributed by atoms with Crippen LogP contribution in [-0.2, 0) is 4.74 Å². The average molecular weight is 279 g/mol. The normalized spacial score (nSPS) is 11.9. The number of ether oxygens (including phenoxy) is 2. The van der Waals surface area contributed by atoms with Crippen LogP contribution in [0.2, 0.25) is 0 Å². The van der Waals surface area contributed by atoms with Crippen molar-refractivity contribution in [1.29, 1.82) is 0 Å². The second-order valence-electron chi connectivity index (χ2n) is 5.06. The van der Waals surface area contributed by atoms with E-state index in [1.54, 1.807) is 25.3 Å². The van der Waals surface area contributed by atoms with Gasteiger partial charge in [0, 0.05) is 11.8 Å². The van der Waals surface area contributed by atoms with E-state index in [1.165, 1.54) is 19.3 Å². The molecule has 0 amide bonds. The highest BCUT2D eigenvalue weighted by Gasteiger charge is 2.13. The second-order valence-corrected chi connectivity index (χ2v) is 5.06. The van der Waals surface area contributed by atoms with Crippen LogP contribution < -0.4 is 10.5 Å². The SMILES string of the molecule is CCCCCCC(C)OC(=O)c1cc(N)cc(OC)c1. The van der Waals surface area contributed by atoms with E-state index in [-0.39, 0.29) is 12.1 Å². The number of esters is 1. The van der Waals surface area contributed by atoms with Gasteiger partial charge < -0.3 is 15.2 Å². The van der Waals surface area contributed by atoms with Crippen LogP contribution in [0, 0.1) is 0 Å². The van der Waals surface area contributed by atoms with Crippen LogP contribution >= 0.6 is 0 Å². The third kappa shape index (κ3) is 5.51. The Kier molecular flexibility index (Phi) is 6.91. The number of benzene rings is 1. The van der Waals surface area contributed by atoms with E-state index in [2.05, 4.69) is 6.92 Å². The fourth-order valence-corrected chi connectivity index (χ4v) is 2.03. The van der Waals surface area contributed by atoms with Crippen molar-refractivity contribution >= 4 is 11.7 Å². The zero-order valence-corrected chi connectivity index (χ0v) is 12.6. The lowest BCUT2D eigenvalue weighted by Crippen LogP contribution is -2.15. The van der Waals surface area contributed by atoms with Gasteiger partial charge in [0.05, 0.1) is 18.8 Å². The Balaban J connectivity index is 2.51. The third-order valence-corrected chi connectivity index (χ3v) is 3.17. The molecule has 0 saturated heterocycles. The summed E-state index contributed by atoms with van der Waals surface area (Å²) in [6.45, 7) is 4.10. The number of carbonyl (C=O) groups is 1. The molecule has 0 aliphatic carbocycles. The molecule has 1 rings (SSSR count). The predicted octanol–water partition coefficient (Wildman–Crippen LogP) is 3.79. The van der Waals surface area contributed by atoms with Crippen molar-refractivity contribution in [2.24, 2.45) is 0 Å². The van der Waals surface area contributed by atoms with Crippen molar-refractivity contribution in [3.05, 3.63) is 23.8 Å². The summed E-state index contributed by atoms with van der Waals surface area (Å²) in [6.07, 6.45) is 5.52. The Morgan fingerprint density at radius 1 is 1.25 bits per heavy atom. The van der Waals surface area contributed by atoms with Crippen molar-refractivity contribution in [2.75, 3.05) is 12.8 Å². The molecule has 0 bridgehead atoms. The van der Waals surface area contributed by atoms with Crippen molar-refractivity contribution in [3.63, 3.8) is 0 Å². The van der Waals surface area contributed by atoms with E-state index in [0.29, 0.717) is 17.0 Å². The minimum atomic E-state index is -0.349. The molecule has 0 aliphatic heterocycles. The first-order valence-corrected chi connectivity index (χ1v) is 7.22. The van der Waals surface area contributed by atoms with Gasteiger partial charge in [-0.1, -0.05) is 26.2 Å². The number of nitrogens with two attached hydrogens (primary N) is 1. The molecule has 4 nitrogen and oxygen atoms in total. The quantitative estimate of drug-likeness (QED) is 0.447. The lowest BCUT2D eigenvalue weighted by molar-refractivity contribution is 0.0319. The third-order valence-electron chi connectivity index (χ3n) is 3.17. The molecule has 0 radical (unpaired) electrons. The van der Waals surface area contributed by atoms with Crippen molar-refractivity contribution in [1.82, 2.24) is 0 Å². The van der Waals surface area contributed by atoms with Gasteiger partial charge in [0.15, 0.2) is 0 Å². The van der Waals surface area contributed by atoms with Gasteiger partial charge in [0.25, 0.3) is 0 Å². The van der Waals surface area contributed by atoms with Gasteiger partial charge in [-0.25, -0.2) is 4.79 Å². The number of carbonyl (C=O) groups excluding carboxylic acids is 1. The van der Waals surface area contributed by atoms with Crippen LogP contribution in [0.1, 0.15) is 56.3 Å². The summed E-state index contributed by atoms with van der Waals surface area (Å²) in [5.74, 6) is 0.214. The van der Waals surface area contributed by atoms with E-state index < -0.39 is 0 Å². The highest BCUT2D eigenvalue weighted by atomic mass is 16.5. The van der Waals surface area contributed by atoms with E-state index in [0.717, 1.165) is 12.8 Å². The van der Waals surface area contributed by atoms with Gasteiger partial charge in [0.2, 0.25) is 0 Å². The maximum Gasteiger partial charge on any atom is 0.338 e. The highest BCUT2D eigenvalue weighted by molar-refractivity contribution is 5.91. The Hall–Kier alpha value is -1.71. The molecule has 2 N–H and O–H groups in total. The molecular weight excluding hydrogens is 254 g/mol. The lowest BCUT2D eigenvalue weighted by atomic mass is 10.1. The van der Waals surface area contributed by atoms with Crippen molar-refractivity contribution in [3.8, 4) is 5.75 Å². The molecule has 0 spiro atoms. The average Bonchev–Trinajstić information content (AvgIpc) is 2.42. The fourth-order valence-electron chi connectivity index (χ4n) is 2.03. The molecule has 112 valence electrons. The standard InChI is InChI=1S/C16H25NO3/c1-4-5-6-7-8-12(2)20-16(18)13-9-14(17)11-15(10-13)19-3/h9-12H,4-8,17H2,1-3H3. The summed E-state index contributed by atoms with van der Waals surface area (Å²) in [5.41, 5.74) is 6.65. The maximum atomic E-state index is 12.0. The van der Waals surface area contributed by atoms with Crippen LogP contribution in [0.3, 0.4) is 0 Å². The summed E-state index contributed by atoms with van der Waals surface area (Å²) in [4.78, 5) is 12.0. The molecule has 1 atom stereocenters. The monoisotopic (exact) mass is 279 g/mol. The Morgan fingerprint density at radius 2 is 2.00 bits per heavy atom. The first kappa shape index (κ1) is 16.3. The summed E-state index contributed by atoms with van der Waals surface area (Å²) in [5, 5.41) is 0. The number of methoxy groups -OCH3 is 1. The van der Waals surface area contributed by atoms with Gasteiger partial charge in [-0.15, -0.1) is 0 Å². The fraction of sp³-hybridized carbons (Fsp3) is 0.562. The first-order chi connectivity index (χ1) is 9.56. The minimum Gasteiger partial charge on any atom is -0.497 e. The zero-order chi connectivity index (χ0) is 15.0. The Bertz CT molecular complexity index is 432. The minimum absolute atomic E-state index is 0.0771. The van der Waals surface area contributed by atoms with Crippen LogP contribution in [0.5, 0.6) is 5.75 Å². The number of hydrogen-bond donors (Lipinski definition) is 1. The maximum absolute atomic E-state index is 12.0. The summed E-state index contributed by atoms with van der Waals surface area (Å²) >= 11 is 0. The smallest absolute Gasteiger partial charge is 0.338 e. The van der Waals surface area contributed by atoms with Crippen molar-refractivity contribution < 1.29 is 14.3 Å². The molecule has 0 saturated carbocycles. The molecule has 0 aliphatic rings. The van der Waals surface area contributed by atoms with E-state index >= 15 is 0 Å². The van der Waals surface area contributed by atoms with Gasteiger partial charge >= 0.3 is 5.97 Å². The molecule has 20 heavy (non-hydrogen) atoms. The zero-order valence-electron chi connectivity index (χ0n) is 12.6. The summed E-state index contributed by atoms with van der Waals surface area (Å²) < 4.78 is 10.5. The number of rotatable bonds is 8. The molecule has 0 heterocycles. The van der Waals surface area contributed by atoms with E-state index in [1.807, 2.05) is 6.92 Å². The highest BCUT2D eigenvalue weighted by Crippen LogP contribution is 2.20. The van der Waals surface area contributed by atoms with Gasteiger partial charge in [0.1, 0.15) is 5.75 Å². The molecule has 1 aromatic rings. The topological polar surface area (TPSA) is 61.5 Å². The van der Waals surface area contributed by atoms with Gasteiger partial charge in [-0.05, 0) is 31.9 Å².